The Hall–Kier alpha value is -1.73. The molecular weight excluding hydrogens is 292 g/mol. The monoisotopic (exact) mass is 316 g/mol. The number of aliphatic hydroxyl groups excluding tert-OH is 1. The van der Waals surface area contributed by atoms with Gasteiger partial charge in [-0.25, -0.2) is 9.97 Å². The molecule has 2 atom stereocenters. The zero-order valence-electron chi connectivity index (χ0n) is 13.8. The molecule has 2 saturated heterocycles. The summed E-state index contributed by atoms with van der Waals surface area (Å²) in [6.07, 6.45) is 6.36. The SMILES string of the molecule is CN1CC[C@H](O)[C@@]2(CCCN(c3ncc4c(ncn4C)n3)C2)C1. The predicted molar refractivity (Wildman–Crippen MR) is 88.3 cm³/mol. The second-order valence-corrected chi connectivity index (χ2v) is 7.16. The molecule has 0 amide bonds. The summed E-state index contributed by atoms with van der Waals surface area (Å²) in [5, 5.41) is 10.6. The third-order valence-corrected chi connectivity index (χ3v) is 5.44. The van der Waals surface area contributed by atoms with Crippen LogP contribution in [0.5, 0.6) is 0 Å². The summed E-state index contributed by atoms with van der Waals surface area (Å²) in [7, 11) is 4.09. The van der Waals surface area contributed by atoms with Crippen LogP contribution in [0.4, 0.5) is 5.95 Å². The van der Waals surface area contributed by atoms with E-state index in [1.54, 1.807) is 6.33 Å². The van der Waals surface area contributed by atoms with Crippen molar-refractivity contribution in [2.24, 2.45) is 12.5 Å². The molecule has 2 aliphatic rings. The highest BCUT2D eigenvalue weighted by atomic mass is 16.3. The highest BCUT2D eigenvalue weighted by Gasteiger charge is 2.45. The third-order valence-electron chi connectivity index (χ3n) is 5.44. The summed E-state index contributed by atoms with van der Waals surface area (Å²) in [5.41, 5.74) is 1.62. The van der Waals surface area contributed by atoms with Crippen LogP contribution in [0, 0.1) is 5.41 Å². The standard InChI is InChI=1S/C16H24N6O/c1-20-7-4-13(23)16(9-20)5-3-6-22(10-16)15-17-8-12-14(19-15)18-11-21(12)2/h8,11,13,23H,3-7,9-10H2,1-2H3/t13-,16-/m0/s1. The van der Waals surface area contributed by atoms with Crippen molar-refractivity contribution in [3.05, 3.63) is 12.5 Å². The molecule has 0 saturated carbocycles. The number of aromatic nitrogens is 4. The van der Waals surface area contributed by atoms with Crippen molar-refractivity contribution in [1.29, 1.82) is 0 Å². The largest absolute Gasteiger partial charge is 0.392 e. The summed E-state index contributed by atoms with van der Waals surface area (Å²) in [6, 6.07) is 0. The highest BCUT2D eigenvalue weighted by Crippen LogP contribution is 2.39. The van der Waals surface area contributed by atoms with Crippen LogP contribution >= 0.6 is 0 Å². The maximum Gasteiger partial charge on any atom is 0.227 e. The zero-order valence-corrected chi connectivity index (χ0v) is 13.8. The summed E-state index contributed by atoms with van der Waals surface area (Å²) >= 11 is 0. The molecule has 0 bridgehead atoms. The number of aliphatic hydroxyl groups is 1. The van der Waals surface area contributed by atoms with Crippen LogP contribution in [0.25, 0.3) is 11.2 Å². The van der Waals surface area contributed by atoms with Gasteiger partial charge in [-0.2, -0.15) is 4.98 Å². The Bertz CT molecular complexity index is 716. The third kappa shape index (κ3) is 2.48. The molecule has 7 heteroatoms. The smallest absolute Gasteiger partial charge is 0.227 e. The summed E-state index contributed by atoms with van der Waals surface area (Å²) in [4.78, 5) is 18.1. The van der Waals surface area contributed by atoms with Gasteiger partial charge in [0, 0.05) is 38.6 Å². The molecule has 4 heterocycles. The van der Waals surface area contributed by atoms with E-state index in [0.29, 0.717) is 0 Å². The Morgan fingerprint density at radius 3 is 2.96 bits per heavy atom. The van der Waals surface area contributed by atoms with Gasteiger partial charge in [-0.15, -0.1) is 0 Å². The number of hydrogen-bond donors (Lipinski definition) is 1. The van der Waals surface area contributed by atoms with Crippen LogP contribution in [-0.4, -0.2) is 68.9 Å². The maximum absolute atomic E-state index is 10.6. The first-order valence-corrected chi connectivity index (χ1v) is 8.33. The van der Waals surface area contributed by atoms with Gasteiger partial charge in [-0.05, 0) is 26.3 Å². The van der Waals surface area contributed by atoms with Crippen molar-refractivity contribution in [2.45, 2.75) is 25.4 Å². The fourth-order valence-corrected chi connectivity index (χ4v) is 4.16. The summed E-state index contributed by atoms with van der Waals surface area (Å²) in [6.45, 7) is 3.67. The minimum Gasteiger partial charge on any atom is -0.392 e. The van der Waals surface area contributed by atoms with Crippen molar-refractivity contribution in [3.8, 4) is 0 Å². The van der Waals surface area contributed by atoms with Crippen LogP contribution < -0.4 is 4.90 Å². The first-order chi connectivity index (χ1) is 11.1. The fraction of sp³-hybridized carbons (Fsp3) is 0.688. The van der Waals surface area contributed by atoms with Crippen molar-refractivity contribution in [2.75, 3.05) is 38.1 Å². The number of imidazole rings is 1. The van der Waals surface area contributed by atoms with Crippen LogP contribution in [0.15, 0.2) is 12.5 Å². The van der Waals surface area contributed by atoms with E-state index in [0.717, 1.165) is 62.6 Å². The number of rotatable bonds is 1. The first kappa shape index (κ1) is 14.8. The molecule has 2 fully saturated rings. The molecule has 1 spiro atoms. The number of piperidine rings is 2. The summed E-state index contributed by atoms with van der Waals surface area (Å²) in [5.74, 6) is 0.732. The van der Waals surface area contributed by atoms with Gasteiger partial charge >= 0.3 is 0 Å². The normalized spacial score (nSPS) is 29.5. The lowest BCUT2D eigenvalue weighted by atomic mass is 9.72. The highest BCUT2D eigenvalue weighted by molar-refractivity contribution is 5.70. The Balaban J connectivity index is 1.63. The number of nitrogens with zero attached hydrogens (tertiary/aromatic N) is 6. The molecule has 23 heavy (non-hydrogen) atoms. The molecule has 2 aromatic heterocycles. The number of anilines is 1. The minimum atomic E-state index is -0.236. The maximum atomic E-state index is 10.6. The number of aryl methyl sites for hydroxylation is 1. The Kier molecular flexibility index (Phi) is 3.50. The quantitative estimate of drug-likeness (QED) is 0.833. The molecule has 0 unspecified atom stereocenters. The van der Waals surface area contributed by atoms with E-state index < -0.39 is 0 Å². The second-order valence-electron chi connectivity index (χ2n) is 7.16. The first-order valence-electron chi connectivity index (χ1n) is 8.33. The predicted octanol–water partition coefficient (Wildman–Crippen LogP) is 0.646. The van der Waals surface area contributed by atoms with Crippen molar-refractivity contribution >= 4 is 17.1 Å². The van der Waals surface area contributed by atoms with Crippen molar-refractivity contribution in [3.63, 3.8) is 0 Å². The molecular formula is C16H24N6O. The zero-order chi connectivity index (χ0) is 16.0. The number of likely N-dealkylation sites (tertiary alicyclic amines) is 1. The van der Waals surface area contributed by atoms with Gasteiger partial charge in [0.25, 0.3) is 0 Å². The second kappa shape index (κ2) is 5.42. The van der Waals surface area contributed by atoms with Gasteiger partial charge in [0.1, 0.15) is 5.52 Å². The van der Waals surface area contributed by atoms with Gasteiger partial charge in [-0.3, -0.25) is 0 Å². The molecule has 7 nitrogen and oxygen atoms in total. The van der Waals surface area contributed by atoms with Gasteiger partial charge in [0.05, 0.1) is 18.6 Å². The molecule has 2 aliphatic heterocycles. The minimum absolute atomic E-state index is 0.0618. The van der Waals surface area contributed by atoms with Crippen LogP contribution in [0.2, 0.25) is 0 Å². The van der Waals surface area contributed by atoms with E-state index in [-0.39, 0.29) is 11.5 Å². The van der Waals surface area contributed by atoms with Crippen LogP contribution in [-0.2, 0) is 7.05 Å². The molecule has 0 aliphatic carbocycles. The average molecular weight is 316 g/mol. The van der Waals surface area contributed by atoms with E-state index in [1.807, 2.05) is 17.8 Å². The molecule has 124 valence electrons. The molecule has 4 rings (SSSR count). The van der Waals surface area contributed by atoms with Crippen LogP contribution in [0.1, 0.15) is 19.3 Å². The Morgan fingerprint density at radius 1 is 1.22 bits per heavy atom. The lowest BCUT2D eigenvalue weighted by Crippen LogP contribution is -2.58. The van der Waals surface area contributed by atoms with Gasteiger partial charge < -0.3 is 19.5 Å². The van der Waals surface area contributed by atoms with E-state index in [2.05, 4.69) is 31.8 Å². The van der Waals surface area contributed by atoms with Gasteiger partial charge in [0.2, 0.25) is 5.95 Å². The van der Waals surface area contributed by atoms with Crippen LogP contribution in [0.3, 0.4) is 0 Å². The number of hydrogen-bond acceptors (Lipinski definition) is 6. The Morgan fingerprint density at radius 2 is 2.09 bits per heavy atom. The summed E-state index contributed by atoms with van der Waals surface area (Å²) < 4.78 is 1.93. The Labute approximate surface area is 136 Å². The topological polar surface area (TPSA) is 70.3 Å². The fourth-order valence-electron chi connectivity index (χ4n) is 4.16. The lowest BCUT2D eigenvalue weighted by molar-refractivity contribution is -0.0467. The molecule has 2 aromatic rings. The lowest BCUT2D eigenvalue weighted by Gasteiger charge is -2.50. The van der Waals surface area contributed by atoms with E-state index in [1.165, 1.54) is 0 Å². The number of fused-ring (bicyclic) bond motifs is 1. The van der Waals surface area contributed by atoms with Crippen molar-refractivity contribution < 1.29 is 5.11 Å². The van der Waals surface area contributed by atoms with Gasteiger partial charge in [0.15, 0.2) is 5.65 Å². The van der Waals surface area contributed by atoms with Gasteiger partial charge in [-0.1, -0.05) is 0 Å². The molecule has 0 aromatic carbocycles. The van der Waals surface area contributed by atoms with E-state index >= 15 is 0 Å². The van der Waals surface area contributed by atoms with E-state index in [4.69, 9.17) is 0 Å². The van der Waals surface area contributed by atoms with E-state index in [9.17, 15) is 5.11 Å². The molecule has 0 radical (unpaired) electrons. The average Bonchev–Trinajstić information content (AvgIpc) is 2.92. The van der Waals surface area contributed by atoms with Crippen molar-refractivity contribution in [1.82, 2.24) is 24.4 Å². The molecule has 1 N–H and O–H groups in total.